The van der Waals surface area contributed by atoms with Crippen molar-refractivity contribution in [1.82, 2.24) is 5.32 Å². The van der Waals surface area contributed by atoms with Crippen LogP contribution in [0, 0.1) is 10.5 Å². The number of hydrogen-bond donors (Lipinski definition) is 2. The summed E-state index contributed by atoms with van der Waals surface area (Å²) in [6, 6.07) is 4.52. The first-order chi connectivity index (χ1) is 7.72. The van der Waals surface area contributed by atoms with Gasteiger partial charge in [-0.25, -0.2) is 0 Å². The molecule has 1 aliphatic heterocycles. The van der Waals surface area contributed by atoms with Gasteiger partial charge >= 0.3 is 0 Å². The second-order valence-electron chi connectivity index (χ2n) is 4.10. The van der Waals surface area contributed by atoms with E-state index in [0.29, 0.717) is 0 Å². The van der Waals surface area contributed by atoms with Gasteiger partial charge in [0.2, 0.25) is 0 Å². The molecule has 0 amide bonds. The molecule has 1 aromatic carbocycles. The van der Waals surface area contributed by atoms with Gasteiger partial charge in [0.15, 0.2) is 0 Å². The molecule has 2 nitrogen and oxygen atoms in total. The van der Waals surface area contributed by atoms with Crippen LogP contribution in [0.2, 0.25) is 0 Å². The van der Waals surface area contributed by atoms with E-state index in [1.165, 1.54) is 20.4 Å². The lowest BCUT2D eigenvalue weighted by Crippen LogP contribution is -2.43. The number of anilines is 1. The van der Waals surface area contributed by atoms with E-state index in [4.69, 9.17) is 0 Å². The van der Waals surface area contributed by atoms with Crippen LogP contribution in [0.1, 0.15) is 11.1 Å². The fraction of sp³-hybridized carbons (Fsp3) is 0.500. The van der Waals surface area contributed by atoms with Crippen molar-refractivity contribution in [3.8, 4) is 0 Å². The van der Waals surface area contributed by atoms with E-state index >= 15 is 0 Å². The van der Waals surface area contributed by atoms with Crippen LogP contribution in [0.4, 0.5) is 5.69 Å². The largest absolute Gasteiger partial charge is 0.369 e. The first-order valence-corrected chi connectivity index (χ1v) is 7.29. The molecule has 0 atom stereocenters. The summed E-state index contributed by atoms with van der Waals surface area (Å²) in [4.78, 5) is 2.47. The van der Waals surface area contributed by atoms with Crippen molar-refractivity contribution in [2.75, 3.05) is 31.1 Å². The third kappa shape index (κ3) is 2.65. The number of benzene rings is 1. The number of halogens is 1. The molecule has 1 fully saturated rings. The minimum atomic E-state index is 0.821. The van der Waals surface area contributed by atoms with Gasteiger partial charge in [-0.05, 0) is 52.8 Å². The molecule has 88 valence electrons. The zero-order valence-corrected chi connectivity index (χ0v) is 12.5. The number of piperazine rings is 1. The molecule has 0 saturated carbocycles. The first kappa shape index (κ1) is 12.5. The van der Waals surface area contributed by atoms with Crippen LogP contribution in [-0.2, 0) is 5.75 Å². The molecule has 2 rings (SSSR count). The summed E-state index contributed by atoms with van der Waals surface area (Å²) in [6.07, 6.45) is 0. The minimum Gasteiger partial charge on any atom is -0.369 e. The molecular weight excluding hydrogens is 331 g/mol. The predicted molar refractivity (Wildman–Crippen MR) is 81.7 cm³/mol. The van der Waals surface area contributed by atoms with E-state index in [0.717, 1.165) is 31.9 Å². The van der Waals surface area contributed by atoms with E-state index in [-0.39, 0.29) is 0 Å². The maximum atomic E-state index is 4.40. The van der Waals surface area contributed by atoms with Crippen molar-refractivity contribution in [3.63, 3.8) is 0 Å². The molecule has 0 aromatic heterocycles. The maximum absolute atomic E-state index is 4.40. The molecule has 1 heterocycles. The molecule has 0 bridgehead atoms. The van der Waals surface area contributed by atoms with E-state index in [1.54, 1.807) is 0 Å². The summed E-state index contributed by atoms with van der Waals surface area (Å²) in [6.45, 7) is 6.58. The summed E-state index contributed by atoms with van der Waals surface area (Å²) in [5.41, 5.74) is 4.12. The van der Waals surface area contributed by atoms with E-state index in [1.807, 2.05) is 0 Å². The molecule has 0 aliphatic carbocycles. The quantitative estimate of drug-likeness (QED) is 0.631. The second kappa shape index (κ2) is 5.60. The van der Waals surface area contributed by atoms with Crippen LogP contribution in [0.5, 0.6) is 0 Å². The van der Waals surface area contributed by atoms with Gasteiger partial charge in [-0.15, -0.1) is 0 Å². The SMILES string of the molecule is Cc1c(CS)cc(I)cc1N1CCNCC1. The normalized spacial score (nSPS) is 16.6. The van der Waals surface area contributed by atoms with Crippen LogP contribution >= 0.6 is 35.2 Å². The van der Waals surface area contributed by atoms with Crippen molar-refractivity contribution in [3.05, 3.63) is 26.8 Å². The summed E-state index contributed by atoms with van der Waals surface area (Å²) < 4.78 is 1.31. The predicted octanol–water partition coefficient (Wildman–Crippen LogP) is 2.44. The topological polar surface area (TPSA) is 15.3 Å². The Morgan fingerprint density at radius 2 is 2.06 bits per heavy atom. The first-order valence-electron chi connectivity index (χ1n) is 5.58. The average molecular weight is 348 g/mol. The van der Waals surface area contributed by atoms with E-state index in [2.05, 4.69) is 64.5 Å². The lowest BCUT2D eigenvalue weighted by Gasteiger charge is -2.31. The van der Waals surface area contributed by atoms with Crippen LogP contribution in [-0.4, -0.2) is 26.2 Å². The van der Waals surface area contributed by atoms with Crippen molar-refractivity contribution in [1.29, 1.82) is 0 Å². The zero-order valence-electron chi connectivity index (χ0n) is 9.46. The summed E-state index contributed by atoms with van der Waals surface area (Å²) in [5.74, 6) is 0.821. The van der Waals surface area contributed by atoms with Crippen molar-refractivity contribution in [2.45, 2.75) is 12.7 Å². The highest BCUT2D eigenvalue weighted by molar-refractivity contribution is 14.1. The number of nitrogens with zero attached hydrogens (tertiary/aromatic N) is 1. The molecule has 16 heavy (non-hydrogen) atoms. The molecular formula is C12H17IN2S. The number of hydrogen-bond acceptors (Lipinski definition) is 3. The van der Waals surface area contributed by atoms with Crippen molar-refractivity contribution in [2.24, 2.45) is 0 Å². The van der Waals surface area contributed by atoms with Gasteiger partial charge in [0.25, 0.3) is 0 Å². The lowest BCUT2D eigenvalue weighted by atomic mass is 10.1. The fourth-order valence-electron chi connectivity index (χ4n) is 2.12. The Morgan fingerprint density at radius 3 is 2.69 bits per heavy atom. The Labute approximate surface area is 116 Å². The smallest absolute Gasteiger partial charge is 0.0410 e. The Morgan fingerprint density at radius 1 is 1.38 bits per heavy atom. The number of nitrogens with one attached hydrogen (secondary N) is 1. The van der Waals surface area contributed by atoms with Crippen molar-refractivity contribution >= 4 is 40.9 Å². The molecule has 1 N–H and O–H groups in total. The number of thiol groups is 1. The van der Waals surface area contributed by atoms with Gasteiger partial charge in [0, 0.05) is 41.2 Å². The average Bonchev–Trinajstić information content (AvgIpc) is 2.33. The van der Waals surface area contributed by atoms with Crippen LogP contribution in [0.25, 0.3) is 0 Å². The zero-order chi connectivity index (χ0) is 11.5. The number of rotatable bonds is 2. The van der Waals surface area contributed by atoms with Crippen LogP contribution < -0.4 is 10.2 Å². The molecule has 0 spiro atoms. The van der Waals surface area contributed by atoms with E-state index in [9.17, 15) is 0 Å². The van der Waals surface area contributed by atoms with Crippen molar-refractivity contribution < 1.29 is 0 Å². The third-order valence-corrected chi connectivity index (χ3v) is 4.04. The van der Waals surface area contributed by atoms with Gasteiger partial charge in [-0.1, -0.05) is 0 Å². The molecule has 0 unspecified atom stereocenters. The Kier molecular flexibility index (Phi) is 4.38. The van der Waals surface area contributed by atoms with Crippen LogP contribution in [0.15, 0.2) is 12.1 Å². The molecule has 1 aromatic rings. The molecule has 0 radical (unpaired) electrons. The third-order valence-electron chi connectivity index (χ3n) is 3.08. The van der Waals surface area contributed by atoms with E-state index < -0.39 is 0 Å². The lowest BCUT2D eigenvalue weighted by molar-refractivity contribution is 0.588. The molecule has 1 aliphatic rings. The highest BCUT2D eigenvalue weighted by atomic mass is 127. The Hall–Kier alpha value is 0.0600. The highest BCUT2D eigenvalue weighted by Gasteiger charge is 2.14. The van der Waals surface area contributed by atoms with Gasteiger partial charge in [0.1, 0.15) is 0 Å². The molecule has 1 saturated heterocycles. The Balaban J connectivity index is 2.34. The Bertz CT molecular complexity index is 376. The van der Waals surface area contributed by atoms with Gasteiger partial charge < -0.3 is 10.2 Å². The molecule has 4 heteroatoms. The monoisotopic (exact) mass is 348 g/mol. The minimum absolute atomic E-state index is 0.821. The highest BCUT2D eigenvalue weighted by Crippen LogP contribution is 2.27. The fourth-order valence-corrected chi connectivity index (χ4v) is 3.12. The standard InChI is InChI=1S/C12H17IN2S/c1-9-10(8-16)6-11(13)7-12(9)15-4-2-14-3-5-15/h6-7,14,16H,2-5,8H2,1H3. The van der Waals surface area contributed by atoms with Crippen LogP contribution in [0.3, 0.4) is 0 Å². The summed E-state index contributed by atoms with van der Waals surface area (Å²) in [7, 11) is 0. The van der Waals surface area contributed by atoms with Gasteiger partial charge in [-0.3, -0.25) is 0 Å². The second-order valence-corrected chi connectivity index (χ2v) is 5.67. The summed E-state index contributed by atoms with van der Waals surface area (Å²) >= 11 is 6.80. The summed E-state index contributed by atoms with van der Waals surface area (Å²) in [5, 5.41) is 3.39. The maximum Gasteiger partial charge on any atom is 0.0410 e. The van der Waals surface area contributed by atoms with Gasteiger partial charge in [-0.2, -0.15) is 12.6 Å². The van der Waals surface area contributed by atoms with Gasteiger partial charge in [0.05, 0.1) is 0 Å².